The number of ether oxygens (including phenoxy) is 4. The molecular formula is C21H28N2O6. The maximum atomic E-state index is 12.8. The Morgan fingerprint density at radius 1 is 1.34 bits per heavy atom. The van der Waals surface area contributed by atoms with E-state index in [-0.39, 0.29) is 12.7 Å². The zero-order chi connectivity index (χ0) is 20.8. The number of hydrogen-bond acceptors (Lipinski definition) is 6. The first-order valence-electron chi connectivity index (χ1n) is 9.88. The van der Waals surface area contributed by atoms with Crippen LogP contribution < -0.4 is 20.1 Å². The summed E-state index contributed by atoms with van der Waals surface area (Å²) in [6.07, 6.45) is 2.62. The molecule has 8 heteroatoms. The van der Waals surface area contributed by atoms with E-state index in [4.69, 9.17) is 18.9 Å². The van der Waals surface area contributed by atoms with E-state index >= 15 is 0 Å². The molecular weight excluding hydrogens is 376 g/mol. The van der Waals surface area contributed by atoms with Crippen molar-refractivity contribution in [2.45, 2.75) is 38.3 Å². The Kier molecular flexibility index (Phi) is 6.98. The lowest BCUT2D eigenvalue weighted by atomic mass is 9.89. The van der Waals surface area contributed by atoms with Crippen LogP contribution in [0, 0.1) is 5.92 Å². The van der Waals surface area contributed by atoms with Gasteiger partial charge in [-0.25, -0.2) is 4.79 Å². The Morgan fingerprint density at radius 3 is 2.86 bits per heavy atom. The van der Waals surface area contributed by atoms with Gasteiger partial charge in [-0.3, -0.25) is 4.79 Å². The minimum absolute atomic E-state index is 0.0769. The van der Waals surface area contributed by atoms with E-state index in [2.05, 4.69) is 17.2 Å². The van der Waals surface area contributed by atoms with Crippen molar-refractivity contribution in [1.29, 1.82) is 0 Å². The van der Waals surface area contributed by atoms with Crippen molar-refractivity contribution < 1.29 is 28.5 Å². The first kappa shape index (κ1) is 21.0. The summed E-state index contributed by atoms with van der Waals surface area (Å²) < 4.78 is 22.1. The van der Waals surface area contributed by atoms with Gasteiger partial charge in [0.1, 0.15) is 12.5 Å². The lowest BCUT2D eigenvalue weighted by Gasteiger charge is -2.33. The van der Waals surface area contributed by atoms with Crippen LogP contribution in [-0.4, -0.2) is 45.0 Å². The van der Waals surface area contributed by atoms with E-state index < -0.39 is 24.0 Å². The third-order valence-electron chi connectivity index (χ3n) is 4.97. The maximum absolute atomic E-state index is 12.8. The fourth-order valence-electron chi connectivity index (χ4n) is 3.49. The van der Waals surface area contributed by atoms with Crippen LogP contribution >= 0.6 is 0 Å². The molecule has 3 atom stereocenters. The highest BCUT2D eigenvalue weighted by Gasteiger charge is 2.39. The Bertz CT molecular complexity index is 760. The highest BCUT2D eigenvalue weighted by Crippen LogP contribution is 2.36. The van der Waals surface area contributed by atoms with Crippen LogP contribution in [0.4, 0.5) is 4.79 Å². The van der Waals surface area contributed by atoms with Gasteiger partial charge in [-0.05, 0) is 37.0 Å². The molecule has 0 aromatic heterocycles. The largest absolute Gasteiger partial charge is 0.493 e. The third kappa shape index (κ3) is 5.00. The zero-order valence-electron chi connectivity index (χ0n) is 16.9. The van der Waals surface area contributed by atoms with Crippen LogP contribution in [0.3, 0.4) is 0 Å². The molecule has 0 aliphatic carbocycles. The molecule has 1 aromatic rings. The van der Waals surface area contributed by atoms with Crippen molar-refractivity contribution in [3.05, 3.63) is 36.0 Å². The van der Waals surface area contributed by atoms with Gasteiger partial charge in [-0.1, -0.05) is 19.6 Å². The van der Waals surface area contributed by atoms with Gasteiger partial charge in [-0.2, -0.15) is 0 Å². The monoisotopic (exact) mass is 404 g/mol. The number of methoxy groups -OCH3 is 1. The van der Waals surface area contributed by atoms with E-state index in [1.54, 1.807) is 25.3 Å². The van der Waals surface area contributed by atoms with Gasteiger partial charge in [0, 0.05) is 12.3 Å². The normalized spacial score (nSPS) is 23.9. The molecule has 1 aromatic carbocycles. The van der Waals surface area contributed by atoms with Gasteiger partial charge < -0.3 is 29.6 Å². The second-order valence-corrected chi connectivity index (χ2v) is 7.10. The van der Waals surface area contributed by atoms with Crippen LogP contribution in [0.2, 0.25) is 0 Å². The van der Waals surface area contributed by atoms with E-state index in [9.17, 15) is 9.59 Å². The predicted molar refractivity (Wildman–Crippen MR) is 106 cm³/mol. The van der Waals surface area contributed by atoms with E-state index in [0.29, 0.717) is 36.0 Å². The van der Waals surface area contributed by atoms with Crippen molar-refractivity contribution in [3.8, 4) is 11.5 Å². The Morgan fingerprint density at radius 2 is 2.17 bits per heavy atom. The van der Waals surface area contributed by atoms with Crippen LogP contribution in [0.15, 0.2) is 30.5 Å². The zero-order valence-corrected chi connectivity index (χ0v) is 16.9. The number of hydrogen-bond donors (Lipinski definition) is 2. The van der Waals surface area contributed by atoms with Gasteiger partial charge >= 0.3 is 12.0 Å². The topological polar surface area (TPSA) is 95.1 Å². The van der Waals surface area contributed by atoms with E-state index in [1.807, 2.05) is 6.92 Å². The summed E-state index contributed by atoms with van der Waals surface area (Å²) in [4.78, 5) is 24.9. The van der Waals surface area contributed by atoms with Crippen LogP contribution in [0.1, 0.15) is 37.8 Å². The molecule has 2 amide bonds. The van der Waals surface area contributed by atoms with Gasteiger partial charge in [0.05, 0.1) is 25.9 Å². The molecule has 0 saturated carbocycles. The van der Waals surface area contributed by atoms with Crippen molar-refractivity contribution in [1.82, 2.24) is 10.6 Å². The van der Waals surface area contributed by atoms with Crippen LogP contribution in [-0.2, 0) is 14.3 Å². The molecule has 29 heavy (non-hydrogen) atoms. The molecule has 158 valence electrons. The van der Waals surface area contributed by atoms with Crippen molar-refractivity contribution in [3.63, 3.8) is 0 Å². The van der Waals surface area contributed by atoms with E-state index in [0.717, 1.165) is 19.3 Å². The highest BCUT2D eigenvalue weighted by atomic mass is 16.6. The van der Waals surface area contributed by atoms with Gasteiger partial charge in [0.25, 0.3) is 0 Å². The standard InChI is InChI=1S/C21H28N2O6/c1-4-9-28-16-8-7-14(11-17(16)26-3)19-18(13(2)22-21(25)23-19)20(24)29-12-15-6-5-10-27-15/h7-8,11,15,18-19H,2,4-6,9-10,12H2,1,3H3,(H2,22,23,25)/t15-,18-,19+/m1/s1. The number of nitrogens with one attached hydrogen (secondary N) is 2. The molecule has 2 aliphatic rings. The minimum Gasteiger partial charge on any atom is -0.493 e. The fraction of sp³-hybridized carbons (Fsp3) is 0.524. The number of benzene rings is 1. The molecule has 2 aliphatic heterocycles. The smallest absolute Gasteiger partial charge is 0.319 e. The Balaban J connectivity index is 1.80. The molecule has 2 heterocycles. The van der Waals surface area contributed by atoms with Crippen molar-refractivity contribution >= 4 is 12.0 Å². The van der Waals surface area contributed by atoms with Crippen LogP contribution in [0.5, 0.6) is 11.5 Å². The quantitative estimate of drug-likeness (QED) is 0.647. The second-order valence-electron chi connectivity index (χ2n) is 7.10. The molecule has 3 rings (SSSR count). The summed E-state index contributed by atoms with van der Waals surface area (Å²) in [6, 6.07) is 4.28. The molecule has 0 unspecified atom stereocenters. The molecule has 0 spiro atoms. The first-order chi connectivity index (χ1) is 14.0. The molecule has 2 N–H and O–H groups in total. The van der Waals surface area contributed by atoms with Crippen LogP contribution in [0.25, 0.3) is 0 Å². The summed E-state index contributed by atoms with van der Waals surface area (Å²) in [5, 5.41) is 5.37. The predicted octanol–water partition coefficient (Wildman–Crippen LogP) is 2.69. The summed E-state index contributed by atoms with van der Waals surface area (Å²) in [6.45, 7) is 7.32. The SMILES string of the molecule is C=C1NC(=O)N[C@@H](c2ccc(OCCC)c(OC)c2)[C@@H]1C(=O)OC[C@H]1CCCO1. The summed E-state index contributed by atoms with van der Waals surface area (Å²) in [7, 11) is 1.55. The fourth-order valence-corrected chi connectivity index (χ4v) is 3.49. The first-order valence-corrected chi connectivity index (χ1v) is 9.88. The Hall–Kier alpha value is -2.74. The molecule has 0 radical (unpaired) electrons. The van der Waals surface area contributed by atoms with E-state index in [1.165, 1.54) is 0 Å². The highest BCUT2D eigenvalue weighted by molar-refractivity contribution is 5.85. The second kappa shape index (κ2) is 9.65. The van der Waals surface area contributed by atoms with Gasteiger partial charge in [0.2, 0.25) is 0 Å². The summed E-state index contributed by atoms with van der Waals surface area (Å²) in [5.41, 5.74) is 0.988. The molecule has 8 nitrogen and oxygen atoms in total. The number of carbonyl (C=O) groups excluding carboxylic acids is 2. The molecule has 0 bridgehead atoms. The lowest BCUT2D eigenvalue weighted by molar-refractivity contribution is -0.151. The van der Waals surface area contributed by atoms with Crippen molar-refractivity contribution in [2.24, 2.45) is 5.92 Å². The molecule has 2 fully saturated rings. The van der Waals surface area contributed by atoms with Gasteiger partial charge in [-0.15, -0.1) is 0 Å². The van der Waals surface area contributed by atoms with Gasteiger partial charge in [0.15, 0.2) is 11.5 Å². The third-order valence-corrected chi connectivity index (χ3v) is 4.97. The number of amides is 2. The maximum Gasteiger partial charge on any atom is 0.319 e. The van der Waals surface area contributed by atoms with Crippen molar-refractivity contribution in [2.75, 3.05) is 26.9 Å². The lowest BCUT2D eigenvalue weighted by Crippen LogP contribution is -2.51. The number of rotatable bonds is 8. The summed E-state index contributed by atoms with van der Waals surface area (Å²) >= 11 is 0. The average molecular weight is 404 g/mol. The number of esters is 1. The molecule has 2 saturated heterocycles. The average Bonchev–Trinajstić information content (AvgIpc) is 3.23. The summed E-state index contributed by atoms with van der Waals surface area (Å²) in [5.74, 6) is -0.106. The Labute approximate surface area is 170 Å². The number of urea groups is 1. The minimum atomic E-state index is -0.777. The number of carbonyl (C=O) groups is 2.